The van der Waals surface area contributed by atoms with Crippen LogP contribution in [0, 0.1) is 0 Å². The van der Waals surface area contributed by atoms with Crippen LogP contribution in [-0.4, -0.2) is 32.4 Å². The molecule has 2 bridgehead atoms. The molecule has 2 heterocycles. The molecule has 0 saturated carbocycles. The van der Waals surface area contributed by atoms with E-state index in [-0.39, 0.29) is 0 Å². The minimum atomic E-state index is -0.967. The zero-order chi connectivity index (χ0) is 12.6. The van der Waals surface area contributed by atoms with Gasteiger partial charge in [0.1, 0.15) is 26.5 Å². The molecular formula is C8H24S3Si5. The summed E-state index contributed by atoms with van der Waals surface area (Å²) in [5, 5.41) is 0. The van der Waals surface area contributed by atoms with Gasteiger partial charge in [0.15, 0.2) is 5.89 Å². The number of hydrogen-bond acceptors (Lipinski definition) is 3. The van der Waals surface area contributed by atoms with Crippen LogP contribution in [0.3, 0.4) is 0 Å². The highest BCUT2D eigenvalue weighted by atomic mass is 32.8. The molecule has 2 unspecified atom stereocenters. The van der Waals surface area contributed by atoms with Crippen molar-refractivity contribution >= 4 is 64.4 Å². The molecule has 0 aliphatic carbocycles. The van der Waals surface area contributed by atoms with Crippen LogP contribution >= 0.6 is 32.0 Å². The SMILES string of the molecule is C[Si]1(C)S[Si](C)(C)[Si]2(C)S[Si]1(C)S[Si]2(C)C. The van der Waals surface area contributed by atoms with E-state index in [9.17, 15) is 0 Å². The lowest BCUT2D eigenvalue weighted by Gasteiger charge is -2.52. The van der Waals surface area contributed by atoms with Gasteiger partial charge in [-0.15, -0.1) is 0 Å². The minimum Gasteiger partial charge on any atom is -0.209 e. The molecule has 0 amide bonds. The van der Waals surface area contributed by atoms with Gasteiger partial charge in [-0.05, 0) is 0 Å². The molecule has 2 aliphatic rings. The lowest BCUT2D eigenvalue weighted by molar-refractivity contribution is 1.96. The molecule has 0 nitrogen and oxygen atoms in total. The number of fused-ring (bicyclic) bond motifs is 2. The standard InChI is InChI=1S/C8H24S3Si5/c1-12(2)9-13(3,4)16(8)11-15(12,7)10-14(16,5)6/h1-8H3. The van der Waals surface area contributed by atoms with Crippen molar-refractivity contribution < 1.29 is 0 Å². The predicted molar refractivity (Wildman–Crippen MR) is 98.5 cm³/mol. The van der Waals surface area contributed by atoms with Crippen LogP contribution in [0.25, 0.3) is 0 Å². The molecule has 0 aromatic heterocycles. The first-order valence-electron chi connectivity index (χ1n) is 5.97. The Kier molecular flexibility index (Phi) is 3.28. The second kappa shape index (κ2) is 3.61. The summed E-state index contributed by atoms with van der Waals surface area (Å²) in [7, 11) is 7.93. The maximum absolute atomic E-state index is 2.79. The summed E-state index contributed by atoms with van der Waals surface area (Å²) in [4.78, 5) is 0. The molecule has 2 fully saturated rings. The third-order valence-electron chi connectivity index (χ3n) is 4.75. The fourth-order valence-electron chi connectivity index (χ4n) is 3.04. The molecule has 2 atom stereocenters. The van der Waals surface area contributed by atoms with Gasteiger partial charge in [0.2, 0.25) is 0 Å². The van der Waals surface area contributed by atoms with Gasteiger partial charge in [-0.2, -0.15) is 10.7 Å². The van der Waals surface area contributed by atoms with Crippen molar-refractivity contribution in [2.75, 3.05) is 0 Å². The van der Waals surface area contributed by atoms with Crippen LogP contribution in [0.2, 0.25) is 52.4 Å². The zero-order valence-corrected chi connectivity index (χ0v) is 19.2. The van der Waals surface area contributed by atoms with E-state index in [1.807, 2.05) is 0 Å². The topological polar surface area (TPSA) is 0 Å². The first kappa shape index (κ1) is 14.5. The van der Waals surface area contributed by atoms with Gasteiger partial charge in [0.25, 0.3) is 0 Å². The summed E-state index contributed by atoms with van der Waals surface area (Å²) in [6.07, 6.45) is -0.936. The van der Waals surface area contributed by atoms with Gasteiger partial charge in [-0.3, -0.25) is 0 Å². The minimum absolute atomic E-state index is 0.935. The van der Waals surface area contributed by atoms with Gasteiger partial charge in [0, 0.05) is 0 Å². The van der Waals surface area contributed by atoms with E-state index < -0.39 is 32.4 Å². The molecule has 2 saturated heterocycles. The van der Waals surface area contributed by atoms with E-state index in [2.05, 4.69) is 84.4 Å². The van der Waals surface area contributed by atoms with E-state index in [1.165, 1.54) is 0 Å². The Morgan fingerprint density at radius 1 is 0.500 bits per heavy atom. The molecule has 0 aromatic rings. The van der Waals surface area contributed by atoms with Gasteiger partial charge >= 0.3 is 0 Å². The van der Waals surface area contributed by atoms with E-state index in [1.54, 1.807) is 0 Å². The molecule has 2 aliphatic heterocycles. The Morgan fingerprint density at radius 3 is 1.44 bits per heavy atom. The molecule has 0 aromatic carbocycles. The molecule has 0 N–H and O–H groups in total. The fourth-order valence-corrected chi connectivity index (χ4v) is 249. The Bertz CT molecular complexity index is 345. The van der Waals surface area contributed by atoms with Crippen LogP contribution < -0.4 is 0 Å². The van der Waals surface area contributed by atoms with Crippen molar-refractivity contribution in [1.82, 2.24) is 0 Å². The molecule has 2 rings (SSSR count). The van der Waals surface area contributed by atoms with Gasteiger partial charge in [0.05, 0.1) is 0 Å². The Labute approximate surface area is 116 Å². The van der Waals surface area contributed by atoms with Crippen LogP contribution in [0.15, 0.2) is 0 Å². The number of rotatable bonds is 0. The highest BCUT2D eigenvalue weighted by Gasteiger charge is 2.75. The van der Waals surface area contributed by atoms with E-state index >= 15 is 0 Å². The van der Waals surface area contributed by atoms with E-state index in [0.717, 1.165) is 0 Å². The fraction of sp³-hybridized carbons (Fsp3) is 1.00. The largest absolute Gasteiger partial charge is 0.209 e. The predicted octanol–water partition coefficient (Wildman–Crippen LogP) is 4.71. The van der Waals surface area contributed by atoms with Crippen molar-refractivity contribution in [3.63, 3.8) is 0 Å². The molecule has 0 spiro atoms. The second-order valence-electron chi connectivity index (χ2n) is 6.82. The Morgan fingerprint density at radius 2 is 0.938 bits per heavy atom. The average molecular weight is 357 g/mol. The summed E-state index contributed by atoms with van der Waals surface area (Å²) >= 11 is 0. The monoisotopic (exact) mass is 356 g/mol. The first-order chi connectivity index (χ1) is 6.87. The number of hydrogen-bond donors (Lipinski definition) is 0. The van der Waals surface area contributed by atoms with Crippen LogP contribution in [0.5, 0.6) is 0 Å². The van der Waals surface area contributed by atoms with Crippen LogP contribution in [-0.2, 0) is 0 Å². The highest BCUT2D eigenvalue weighted by molar-refractivity contribution is 9.01. The summed E-state index contributed by atoms with van der Waals surface area (Å²) in [6.45, 7) is 18.9. The smallest absolute Gasteiger partial charge is 0.161 e. The van der Waals surface area contributed by atoms with Crippen molar-refractivity contribution in [2.45, 2.75) is 52.4 Å². The molecule has 0 radical (unpaired) electrons. The summed E-state index contributed by atoms with van der Waals surface area (Å²) in [5.41, 5.74) is 0. The van der Waals surface area contributed by atoms with Gasteiger partial charge in [-0.25, -0.2) is 21.3 Å². The average Bonchev–Trinajstić information content (AvgIpc) is 2.14. The van der Waals surface area contributed by atoms with Crippen LogP contribution in [0.1, 0.15) is 0 Å². The molecule has 94 valence electrons. The van der Waals surface area contributed by atoms with Crippen molar-refractivity contribution in [1.29, 1.82) is 0 Å². The Hall–Kier alpha value is 2.13. The van der Waals surface area contributed by atoms with E-state index in [4.69, 9.17) is 0 Å². The lowest BCUT2D eigenvalue weighted by Crippen LogP contribution is -2.69. The maximum atomic E-state index is 2.79. The summed E-state index contributed by atoms with van der Waals surface area (Å²) in [5.74, 6) is -0.967. The van der Waals surface area contributed by atoms with E-state index in [0.29, 0.717) is 0 Å². The van der Waals surface area contributed by atoms with Crippen LogP contribution in [0.4, 0.5) is 0 Å². The van der Waals surface area contributed by atoms with Crippen molar-refractivity contribution in [3.8, 4) is 0 Å². The highest BCUT2D eigenvalue weighted by Crippen LogP contribution is 2.69. The lowest BCUT2D eigenvalue weighted by atomic mass is 11.9. The summed E-state index contributed by atoms with van der Waals surface area (Å²) < 4.78 is 0. The van der Waals surface area contributed by atoms with Crippen molar-refractivity contribution in [2.24, 2.45) is 0 Å². The summed E-state index contributed by atoms with van der Waals surface area (Å²) in [6, 6.07) is 0. The maximum Gasteiger partial charge on any atom is 0.161 e. The Balaban J connectivity index is 2.58. The third-order valence-corrected chi connectivity index (χ3v) is 140. The second-order valence-corrected chi connectivity index (χ2v) is 74.5. The molecular weight excluding hydrogens is 333 g/mol. The third kappa shape index (κ3) is 1.66. The van der Waals surface area contributed by atoms with Gasteiger partial charge < -0.3 is 0 Å². The quantitative estimate of drug-likeness (QED) is 0.577. The first-order valence-corrected chi connectivity index (χ1v) is 29.8. The molecule has 8 heteroatoms. The van der Waals surface area contributed by atoms with Gasteiger partial charge in [-0.1, -0.05) is 52.4 Å². The normalized spacial score (nSPS) is 48.0. The molecule has 16 heavy (non-hydrogen) atoms. The zero-order valence-electron chi connectivity index (χ0n) is 11.7. The van der Waals surface area contributed by atoms with Crippen molar-refractivity contribution in [3.05, 3.63) is 0 Å².